The van der Waals surface area contributed by atoms with Crippen LogP contribution in [0.3, 0.4) is 0 Å². The number of thiophene rings is 1. The van der Waals surface area contributed by atoms with Crippen molar-refractivity contribution in [1.29, 1.82) is 0 Å². The zero-order chi connectivity index (χ0) is 12.8. The molecule has 0 saturated heterocycles. The Hall–Kier alpha value is -0.910. The fraction of sp³-hybridized carbons (Fsp3) is 0.583. The van der Waals surface area contributed by atoms with Crippen LogP contribution in [-0.4, -0.2) is 45.0 Å². The van der Waals surface area contributed by atoms with Crippen molar-refractivity contribution < 1.29 is 4.79 Å². The zero-order valence-electron chi connectivity index (χ0n) is 10.9. The van der Waals surface area contributed by atoms with E-state index >= 15 is 0 Å². The Balaban J connectivity index is 2.62. The van der Waals surface area contributed by atoms with Gasteiger partial charge >= 0.3 is 0 Å². The van der Waals surface area contributed by atoms with Crippen molar-refractivity contribution in [3.05, 3.63) is 21.9 Å². The lowest BCUT2D eigenvalue weighted by atomic mass is 10.1. The number of rotatable bonds is 6. The first-order chi connectivity index (χ1) is 8.06. The summed E-state index contributed by atoms with van der Waals surface area (Å²) in [6.07, 6.45) is 0. The van der Waals surface area contributed by atoms with Gasteiger partial charge in [0.1, 0.15) is 0 Å². The van der Waals surface area contributed by atoms with E-state index in [2.05, 4.69) is 33.9 Å². The van der Waals surface area contributed by atoms with Gasteiger partial charge in [-0.05, 0) is 45.1 Å². The molecule has 4 nitrogen and oxygen atoms in total. The second-order valence-electron chi connectivity index (χ2n) is 4.28. The van der Waals surface area contributed by atoms with Crippen molar-refractivity contribution >= 4 is 17.2 Å². The lowest BCUT2D eigenvalue weighted by Crippen LogP contribution is -2.38. The molecule has 1 atom stereocenters. The summed E-state index contributed by atoms with van der Waals surface area (Å²) in [5.41, 5.74) is 1.29. The fourth-order valence-electron chi connectivity index (χ4n) is 1.67. The number of hydrogen-bond acceptors (Lipinski definition) is 4. The summed E-state index contributed by atoms with van der Waals surface area (Å²) >= 11 is 1.74. The number of amides is 1. The Bertz CT molecular complexity index is 362. The molecule has 0 aliphatic carbocycles. The van der Waals surface area contributed by atoms with E-state index in [0.29, 0.717) is 13.1 Å². The molecule has 0 radical (unpaired) electrons. The van der Waals surface area contributed by atoms with Gasteiger partial charge in [0.25, 0.3) is 0 Å². The first-order valence-corrected chi connectivity index (χ1v) is 6.56. The Morgan fingerprint density at radius 2 is 2.24 bits per heavy atom. The largest absolute Gasteiger partial charge is 0.353 e. The molecule has 0 saturated carbocycles. The molecule has 1 rings (SSSR count). The SMILES string of the molecule is CNCC(=O)NC[C@H](c1sccc1C)N(C)C. The number of nitrogens with zero attached hydrogens (tertiary/aromatic N) is 1. The summed E-state index contributed by atoms with van der Waals surface area (Å²) in [6, 6.07) is 2.36. The van der Waals surface area contributed by atoms with Gasteiger partial charge in [-0.15, -0.1) is 11.3 Å². The monoisotopic (exact) mass is 255 g/mol. The molecule has 96 valence electrons. The first kappa shape index (κ1) is 14.2. The van der Waals surface area contributed by atoms with Gasteiger partial charge in [0.05, 0.1) is 12.6 Å². The van der Waals surface area contributed by atoms with Crippen molar-refractivity contribution in [3.8, 4) is 0 Å². The number of aryl methyl sites for hydroxylation is 1. The predicted octanol–water partition coefficient (Wildman–Crippen LogP) is 0.995. The smallest absolute Gasteiger partial charge is 0.234 e. The topological polar surface area (TPSA) is 44.4 Å². The number of carbonyl (C=O) groups excluding carboxylic acids is 1. The van der Waals surface area contributed by atoms with E-state index in [9.17, 15) is 4.79 Å². The molecule has 1 amide bonds. The summed E-state index contributed by atoms with van der Waals surface area (Å²) in [6.45, 7) is 3.12. The highest BCUT2D eigenvalue weighted by Crippen LogP contribution is 2.26. The van der Waals surface area contributed by atoms with E-state index in [0.717, 1.165) is 0 Å². The van der Waals surface area contributed by atoms with Crippen LogP contribution in [0.1, 0.15) is 16.5 Å². The van der Waals surface area contributed by atoms with E-state index in [1.54, 1.807) is 18.4 Å². The molecular formula is C12H21N3OS. The quantitative estimate of drug-likeness (QED) is 0.797. The molecule has 5 heteroatoms. The van der Waals surface area contributed by atoms with Gasteiger partial charge in [-0.1, -0.05) is 0 Å². The average Bonchev–Trinajstić information content (AvgIpc) is 2.65. The van der Waals surface area contributed by atoms with Crippen LogP contribution >= 0.6 is 11.3 Å². The number of hydrogen-bond donors (Lipinski definition) is 2. The highest BCUT2D eigenvalue weighted by atomic mass is 32.1. The Morgan fingerprint density at radius 1 is 1.53 bits per heavy atom. The minimum Gasteiger partial charge on any atom is -0.353 e. The van der Waals surface area contributed by atoms with Crippen LogP contribution < -0.4 is 10.6 Å². The fourth-order valence-corrected chi connectivity index (χ4v) is 2.79. The summed E-state index contributed by atoms with van der Waals surface area (Å²) in [5, 5.41) is 7.88. The molecule has 0 spiro atoms. The second-order valence-corrected chi connectivity index (χ2v) is 5.23. The maximum Gasteiger partial charge on any atom is 0.234 e. The van der Waals surface area contributed by atoms with Gasteiger partial charge in [0.2, 0.25) is 5.91 Å². The van der Waals surface area contributed by atoms with Crippen molar-refractivity contribution in [2.24, 2.45) is 0 Å². The predicted molar refractivity (Wildman–Crippen MR) is 72.4 cm³/mol. The van der Waals surface area contributed by atoms with Crippen molar-refractivity contribution in [3.63, 3.8) is 0 Å². The molecule has 1 heterocycles. The normalized spacial score (nSPS) is 12.8. The highest BCUT2D eigenvalue weighted by molar-refractivity contribution is 7.10. The van der Waals surface area contributed by atoms with Crippen molar-refractivity contribution in [2.45, 2.75) is 13.0 Å². The summed E-state index contributed by atoms with van der Waals surface area (Å²) in [7, 11) is 5.84. The molecule has 0 aliphatic heterocycles. The maximum atomic E-state index is 11.4. The molecule has 1 aromatic rings. The van der Waals surface area contributed by atoms with Crippen LogP contribution in [0.15, 0.2) is 11.4 Å². The van der Waals surface area contributed by atoms with Gasteiger partial charge in [0, 0.05) is 11.4 Å². The first-order valence-electron chi connectivity index (χ1n) is 5.68. The molecule has 0 bridgehead atoms. The summed E-state index contributed by atoms with van der Waals surface area (Å²) < 4.78 is 0. The van der Waals surface area contributed by atoms with Crippen molar-refractivity contribution in [2.75, 3.05) is 34.2 Å². The highest BCUT2D eigenvalue weighted by Gasteiger charge is 2.18. The lowest BCUT2D eigenvalue weighted by molar-refractivity contribution is -0.120. The second kappa shape index (κ2) is 6.74. The van der Waals surface area contributed by atoms with E-state index < -0.39 is 0 Å². The third-order valence-corrected chi connectivity index (χ3v) is 3.78. The molecule has 2 N–H and O–H groups in total. The van der Waals surface area contributed by atoms with E-state index in [4.69, 9.17) is 0 Å². The third kappa shape index (κ3) is 4.11. The van der Waals surface area contributed by atoms with E-state index in [-0.39, 0.29) is 11.9 Å². The van der Waals surface area contributed by atoms with Crippen LogP contribution in [0.4, 0.5) is 0 Å². The van der Waals surface area contributed by atoms with Crippen LogP contribution in [0.2, 0.25) is 0 Å². The van der Waals surface area contributed by atoms with E-state index in [1.807, 2.05) is 14.1 Å². The lowest BCUT2D eigenvalue weighted by Gasteiger charge is -2.24. The number of carbonyl (C=O) groups is 1. The minimum absolute atomic E-state index is 0.0357. The zero-order valence-corrected chi connectivity index (χ0v) is 11.7. The molecule has 1 aromatic heterocycles. The molecule has 0 aliphatic rings. The summed E-state index contributed by atoms with van der Waals surface area (Å²) in [4.78, 5) is 14.9. The number of nitrogens with one attached hydrogen (secondary N) is 2. The standard InChI is InChI=1S/C12H21N3OS/c1-9-5-6-17-12(9)10(15(3)4)7-14-11(16)8-13-2/h5-6,10,13H,7-8H2,1-4H3,(H,14,16)/t10-/m1/s1. The number of likely N-dealkylation sites (N-methyl/N-ethyl adjacent to an activating group) is 2. The van der Waals surface area contributed by atoms with Gasteiger partial charge in [0.15, 0.2) is 0 Å². The molecule has 0 fully saturated rings. The third-order valence-electron chi connectivity index (χ3n) is 2.66. The molecule has 0 aromatic carbocycles. The van der Waals surface area contributed by atoms with Crippen molar-refractivity contribution in [1.82, 2.24) is 15.5 Å². The van der Waals surface area contributed by atoms with Crippen LogP contribution in [0.5, 0.6) is 0 Å². The van der Waals surface area contributed by atoms with Crippen LogP contribution in [0, 0.1) is 6.92 Å². The Morgan fingerprint density at radius 3 is 2.71 bits per heavy atom. The van der Waals surface area contributed by atoms with E-state index in [1.165, 1.54) is 10.4 Å². The van der Waals surface area contributed by atoms with Gasteiger partial charge < -0.3 is 15.5 Å². The summed E-state index contributed by atoms with van der Waals surface area (Å²) in [5.74, 6) is 0.0357. The van der Waals surface area contributed by atoms with Gasteiger partial charge in [-0.2, -0.15) is 0 Å². The molecular weight excluding hydrogens is 234 g/mol. The minimum atomic E-state index is 0.0357. The van der Waals surface area contributed by atoms with Crippen LogP contribution in [-0.2, 0) is 4.79 Å². The van der Waals surface area contributed by atoms with Gasteiger partial charge in [-0.25, -0.2) is 0 Å². The Kier molecular flexibility index (Phi) is 5.61. The van der Waals surface area contributed by atoms with Crippen LogP contribution in [0.25, 0.3) is 0 Å². The molecule has 17 heavy (non-hydrogen) atoms. The maximum absolute atomic E-state index is 11.4. The average molecular weight is 255 g/mol. The molecule has 0 unspecified atom stereocenters. The Labute approximate surface area is 107 Å². The van der Waals surface area contributed by atoms with Gasteiger partial charge in [-0.3, -0.25) is 4.79 Å².